The molecular weight excluding hydrogens is 286 g/mol. The van der Waals surface area contributed by atoms with E-state index in [4.69, 9.17) is 4.74 Å². The lowest BCUT2D eigenvalue weighted by molar-refractivity contribution is -0.145. The Bertz CT molecular complexity index is 463. The Hall–Kier alpha value is -1.92. The summed E-state index contributed by atoms with van der Waals surface area (Å²) in [4.78, 5) is 22.9. The van der Waals surface area contributed by atoms with Crippen molar-refractivity contribution in [2.24, 2.45) is 0 Å². The molecular formula is C16H23NO5. The average Bonchev–Trinajstić information content (AvgIpc) is 2.47. The zero-order valence-corrected chi connectivity index (χ0v) is 12.7. The molecule has 1 aromatic rings. The zero-order valence-electron chi connectivity index (χ0n) is 12.7. The fourth-order valence-electron chi connectivity index (χ4n) is 1.97. The van der Waals surface area contributed by atoms with Gasteiger partial charge >= 0.3 is 5.97 Å². The first-order chi connectivity index (χ1) is 10.5. The van der Waals surface area contributed by atoms with Crippen LogP contribution in [0.4, 0.5) is 0 Å². The first-order valence-electron chi connectivity index (χ1n) is 7.38. The molecule has 0 aromatic heterocycles. The van der Waals surface area contributed by atoms with Gasteiger partial charge in [0.05, 0.1) is 25.2 Å². The molecule has 122 valence electrons. The Balaban J connectivity index is 2.21. The summed E-state index contributed by atoms with van der Waals surface area (Å²) >= 11 is 0. The molecule has 0 bridgehead atoms. The van der Waals surface area contributed by atoms with Crippen molar-refractivity contribution in [3.63, 3.8) is 0 Å². The number of rotatable bonds is 9. The van der Waals surface area contributed by atoms with E-state index >= 15 is 0 Å². The van der Waals surface area contributed by atoms with Gasteiger partial charge in [-0.3, -0.25) is 9.59 Å². The van der Waals surface area contributed by atoms with Gasteiger partial charge in [-0.1, -0.05) is 18.2 Å². The number of esters is 1. The SMILES string of the molecule is CCOC(=O)C[C@H](O)C[C@H](O)CCNC(=O)c1ccccc1. The predicted molar refractivity (Wildman–Crippen MR) is 81.3 cm³/mol. The minimum absolute atomic E-state index is 0.0695. The second-order valence-electron chi connectivity index (χ2n) is 4.96. The number of amides is 1. The van der Waals surface area contributed by atoms with Gasteiger partial charge < -0.3 is 20.3 Å². The smallest absolute Gasteiger partial charge is 0.308 e. The lowest BCUT2D eigenvalue weighted by Crippen LogP contribution is -2.29. The van der Waals surface area contributed by atoms with Crippen molar-refractivity contribution < 1.29 is 24.5 Å². The summed E-state index contributed by atoms with van der Waals surface area (Å²) in [6, 6.07) is 8.78. The maximum Gasteiger partial charge on any atom is 0.308 e. The number of hydrogen-bond donors (Lipinski definition) is 3. The van der Waals surface area contributed by atoms with Crippen molar-refractivity contribution in [3.05, 3.63) is 35.9 Å². The highest BCUT2D eigenvalue weighted by molar-refractivity contribution is 5.94. The van der Waals surface area contributed by atoms with Gasteiger partial charge in [0.2, 0.25) is 0 Å². The van der Waals surface area contributed by atoms with E-state index in [0.717, 1.165) is 0 Å². The Labute approximate surface area is 130 Å². The molecule has 0 aliphatic carbocycles. The molecule has 2 atom stereocenters. The minimum atomic E-state index is -0.945. The van der Waals surface area contributed by atoms with E-state index in [1.54, 1.807) is 31.2 Å². The summed E-state index contributed by atoms with van der Waals surface area (Å²) in [6.07, 6.45) is -1.50. The van der Waals surface area contributed by atoms with E-state index in [-0.39, 0.29) is 25.4 Å². The molecule has 1 amide bonds. The van der Waals surface area contributed by atoms with Gasteiger partial charge in [-0.05, 0) is 31.9 Å². The van der Waals surface area contributed by atoms with Crippen LogP contribution in [0.2, 0.25) is 0 Å². The van der Waals surface area contributed by atoms with Gasteiger partial charge in [0.25, 0.3) is 5.91 Å². The van der Waals surface area contributed by atoms with Crippen LogP contribution in [0, 0.1) is 0 Å². The second-order valence-corrected chi connectivity index (χ2v) is 4.96. The van der Waals surface area contributed by atoms with Crippen LogP contribution in [0.3, 0.4) is 0 Å². The lowest BCUT2D eigenvalue weighted by Gasteiger charge is -2.15. The molecule has 0 aliphatic rings. The third-order valence-electron chi connectivity index (χ3n) is 3.05. The quantitative estimate of drug-likeness (QED) is 0.588. The largest absolute Gasteiger partial charge is 0.466 e. The van der Waals surface area contributed by atoms with E-state index in [1.165, 1.54) is 0 Å². The highest BCUT2D eigenvalue weighted by Gasteiger charge is 2.16. The number of ether oxygens (including phenoxy) is 1. The topological polar surface area (TPSA) is 95.9 Å². The highest BCUT2D eigenvalue weighted by atomic mass is 16.5. The fourth-order valence-corrected chi connectivity index (χ4v) is 1.97. The Kier molecular flexibility index (Phi) is 8.17. The molecule has 6 heteroatoms. The third kappa shape index (κ3) is 7.19. The number of benzene rings is 1. The van der Waals surface area contributed by atoms with Gasteiger partial charge in [0.1, 0.15) is 0 Å². The van der Waals surface area contributed by atoms with Gasteiger partial charge in [-0.2, -0.15) is 0 Å². The van der Waals surface area contributed by atoms with Crippen LogP contribution in [-0.4, -0.2) is 47.4 Å². The van der Waals surface area contributed by atoms with Crippen molar-refractivity contribution in [1.29, 1.82) is 0 Å². The van der Waals surface area contributed by atoms with Gasteiger partial charge in [-0.25, -0.2) is 0 Å². The lowest BCUT2D eigenvalue weighted by atomic mass is 10.1. The summed E-state index contributed by atoms with van der Waals surface area (Å²) in [5.74, 6) is -0.695. The molecule has 0 heterocycles. The van der Waals surface area contributed by atoms with E-state index in [2.05, 4.69) is 5.32 Å². The number of aliphatic hydroxyl groups is 2. The number of carbonyl (C=O) groups is 2. The molecule has 22 heavy (non-hydrogen) atoms. The van der Waals surface area contributed by atoms with Gasteiger partial charge in [-0.15, -0.1) is 0 Å². The van der Waals surface area contributed by atoms with Gasteiger partial charge in [0, 0.05) is 12.1 Å². The maximum atomic E-state index is 11.8. The first kappa shape index (κ1) is 18.1. The number of carbonyl (C=O) groups excluding carboxylic acids is 2. The molecule has 0 spiro atoms. The minimum Gasteiger partial charge on any atom is -0.466 e. The summed E-state index contributed by atoms with van der Waals surface area (Å²) in [7, 11) is 0. The highest BCUT2D eigenvalue weighted by Crippen LogP contribution is 2.07. The van der Waals surface area contributed by atoms with Crippen LogP contribution >= 0.6 is 0 Å². The van der Waals surface area contributed by atoms with E-state index in [9.17, 15) is 19.8 Å². The van der Waals surface area contributed by atoms with Gasteiger partial charge in [0.15, 0.2) is 0 Å². The summed E-state index contributed by atoms with van der Waals surface area (Å²) in [5, 5.41) is 22.1. The van der Waals surface area contributed by atoms with E-state index < -0.39 is 18.2 Å². The molecule has 0 saturated carbocycles. The fraction of sp³-hybridized carbons (Fsp3) is 0.500. The molecule has 0 saturated heterocycles. The van der Waals surface area contributed by atoms with Crippen LogP contribution in [0.5, 0.6) is 0 Å². The van der Waals surface area contributed by atoms with Crippen molar-refractivity contribution in [2.75, 3.05) is 13.2 Å². The third-order valence-corrected chi connectivity index (χ3v) is 3.05. The molecule has 6 nitrogen and oxygen atoms in total. The van der Waals surface area contributed by atoms with E-state index in [1.807, 2.05) is 6.07 Å². The Morgan fingerprint density at radius 2 is 1.86 bits per heavy atom. The number of hydrogen-bond acceptors (Lipinski definition) is 5. The van der Waals surface area contributed by atoms with Crippen molar-refractivity contribution >= 4 is 11.9 Å². The molecule has 0 fully saturated rings. The number of nitrogens with one attached hydrogen (secondary N) is 1. The maximum absolute atomic E-state index is 11.8. The van der Waals surface area contributed by atoms with Crippen LogP contribution in [0.1, 0.15) is 36.5 Å². The summed E-state index contributed by atoms with van der Waals surface area (Å²) in [6.45, 7) is 2.25. The normalized spacial score (nSPS) is 13.2. The number of aliphatic hydroxyl groups excluding tert-OH is 2. The second kappa shape index (κ2) is 9.92. The van der Waals surface area contributed by atoms with Crippen molar-refractivity contribution in [3.8, 4) is 0 Å². The molecule has 1 aromatic carbocycles. The molecule has 3 N–H and O–H groups in total. The molecule has 0 radical (unpaired) electrons. The van der Waals surface area contributed by atoms with Crippen LogP contribution in [0.15, 0.2) is 30.3 Å². The van der Waals surface area contributed by atoms with Crippen LogP contribution in [0.25, 0.3) is 0 Å². The standard InChI is InChI=1S/C16H23NO5/c1-2-22-15(20)11-14(19)10-13(18)8-9-17-16(21)12-6-4-3-5-7-12/h3-7,13-14,18-19H,2,8-11H2,1H3,(H,17,21)/t13-,14-/m1/s1. The molecule has 0 aliphatic heterocycles. The monoisotopic (exact) mass is 309 g/mol. The summed E-state index contributed by atoms with van der Waals surface area (Å²) in [5.41, 5.74) is 0.555. The predicted octanol–water partition coefficient (Wildman–Crippen LogP) is 0.872. The Morgan fingerprint density at radius 3 is 2.50 bits per heavy atom. The zero-order chi connectivity index (χ0) is 16.4. The van der Waals surface area contributed by atoms with E-state index in [0.29, 0.717) is 18.5 Å². The average molecular weight is 309 g/mol. The first-order valence-corrected chi connectivity index (χ1v) is 7.38. The summed E-state index contributed by atoms with van der Waals surface area (Å²) < 4.78 is 4.72. The van der Waals surface area contributed by atoms with Crippen molar-refractivity contribution in [1.82, 2.24) is 5.32 Å². The molecule has 1 rings (SSSR count). The molecule has 0 unspecified atom stereocenters. The Morgan fingerprint density at radius 1 is 1.18 bits per heavy atom. The van der Waals surface area contributed by atoms with Crippen LogP contribution < -0.4 is 5.32 Å². The van der Waals surface area contributed by atoms with Crippen molar-refractivity contribution in [2.45, 2.75) is 38.4 Å². The van der Waals surface area contributed by atoms with Crippen LogP contribution in [-0.2, 0) is 9.53 Å².